The minimum Gasteiger partial charge on any atom is -0.493 e. The number of methoxy groups -OCH3 is 1. The molecule has 0 radical (unpaired) electrons. The van der Waals surface area contributed by atoms with E-state index in [1.54, 1.807) is 19.3 Å². The number of halogens is 1. The predicted molar refractivity (Wildman–Crippen MR) is 139 cm³/mol. The van der Waals surface area contributed by atoms with Gasteiger partial charge in [0.05, 0.1) is 10.7 Å². The second-order valence-corrected chi connectivity index (χ2v) is 8.61. The largest absolute Gasteiger partial charge is 0.493 e. The highest BCUT2D eigenvalue weighted by Crippen LogP contribution is 2.35. The first-order valence-corrected chi connectivity index (χ1v) is 11.6. The fourth-order valence-electron chi connectivity index (χ4n) is 3.38. The van der Waals surface area contributed by atoms with Gasteiger partial charge < -0.3 is 14.8 Å². The lowest BCUT2D eigenvalue weighted by atomic mass is 10.1. The molecule has 0 saturated carbocycles. The monoisotopic (exact) mass is 552 g/mol. The molecule has 0 aliphatic rings. The van der Waals surface area contributed by atoms with Gasteiger partial charge in [0.1, 0.15) is 18.2 Å². The molecular weight excluding hydrogens is 527 g/mol. The summed E-state index contributed by atoms with van der Waals surface area (Å²) >= 11 is 2.17. The van der Waals surface area contributed by atoms with Crippen molar-refractivity contribution in [1.29, 1.82) is 5.26 Å². The summed E-state index contributed by atoms with van der Waals surface area (Å²) in [6.45, 7) is 4.47. The van der Waals surface area contributed by atoms with Gasteiger partial charge in [-0.15, -0.1) is 0 Å². The van der Waals surface area contributed by atoms with E-state index in [1.165, 1.54) is 5.56 Å². The van der Waals surface area contributed by atoms with Gasteiger partial charge in [-0.05, 0) is 76.9 Å². The number of carbonyl (C=O) groups is 1. The number of nitriles is 1. The first-order valence-electron chi connectivity index (χ1n) is 10.5. The number of ether oxygens (including phenoxy) is 2. The van der Waals surface area contributed by atoms with E-state index < -0.39 is 5.91 Å². The van der Waals surface area contributed by atoms with Gasteiger partial charge in [-0.3, -0.25) is 4.79 Å². The van der Waals surface area contributed by atoms with Gasteiger partial charge in [-0.2, -0.15) is 5.26 Å². The van der Waals surface area contributed by atoms with Crippen LogP contribution in [0.5, 0.6) is 11.5 Å². The molecule has 3 rings (SSSR count). The quantitative estimate of drug-likeness (QED) is 0.203. The number of nitrogens with zero attached hydrogens (tertiary/aromatic N) is 1. The molecule has 0 bridgehead atoms. The second-order valence-electron chi connectivity index (χ2n) is 7.45. The molecule has 5 nitrogen and oxygen atoms in total. The number of amides is 1. The van der Waals surface area contributed by atoms with Crippen LogP contribution in [0.4, 0.5) is 5.69 Å². The summed E-state index contributed by atoms with van der Waals surface area (Å²) in [6.07, 6.45) is 2.33. The molecular formula is C27H25IN2O3. The molecule has 0 spiro atoms. The Labute approximate surface area is 208 Å². The molecule has 0 unspecified atom stereocenters. The van der Waals surface area contributed by atoms with Crippen molar-refractivity contribution >= 4 is 40.3 Å². The van der Waals surface area contributed by atoms with Crippen molar-refractivity contribution in [3.63, 3.8) is 0 Å². The summed E-state index contributed by atoms with van der Waals surface area (Å²) in [7, 11) is 1.57. The van der Waals surface area contributed by atoms with E-state index in [0.717, 1.165) is 21.1 Å². The summed E-state index contributed by atoms with van der Waals surface area (Å²) in [4.78, 5) is 12.7. The molecule has 0 aromatic heterocycles. The third-order valence-electron chi connectivity index (χ3n) is 5.04. The van der Waals surface area contributed by atoms with Crippen LogP contribution >= 0.6 is 22.6 Å². The van der Waals surface area contributed by atoms with Crippen molar-refractivity contribution in [2.24, 2.45) is 0 Å². The molecule has 0 saturated heterocycles. The van der Waals surface area contributed by atoms with Crippen molar-refractivity contribution in [2.75, 3.05) is 12.4 Å². The van der Waals surface area contributed by atoms with E-state index in [9.17, 15) is 10.1 Å². The van der Waals surface area contributed by atoms with Gasteiger partial charge in [-0.25, -0.2) is 0 Å². The lowest BCUT2D eigenvalue weighted by molar-refractivity contribution is -0.112. The SMILES string of the molecule is CCc1ccccc1NC(=O)/C(C#N)=C/c1cc(I)c(OCc2cccc(C)c2)c(OC)c1. The van der Waals surface area contributed by atoms with Crippen LogP contribution in [0, 0.1) is 21.8 Å². The third-order valence-corrected chi connectivity index (χ3v) is 5.84. The van der Waals surface area contributed by atoms with E-state index >= 15 is 0 Å². The molecule has 0 heterocycles. The molecule has 1 N–H and O–H groups in total. The highest BCUT2D eigenvalue weighted by Gasteiger charge is 2.15. The van der Waals surface area contributed by atoms with E-state index in [-0.39, 0.29) is 5.57 Å². The van der Waals surface area contributed by atoms with Crippen molar-refractivity contribution in [3.05, 3.63) is 92.1 Å². The first-order chi connectivity index (χ1) is 15.9. The number of carbonyl (C=O) groups excluding carboxylic acids is 1. The van der Waals surface area contributed by atoms with E-state index in [1.807, 2.05) is 68.4 Å². The third kappa shape index (κ3) is 6.36. The molecule has 3 aromatic carbocycles. The predicted octanol–water partition coefficient (Wildman–Crippen LogP) is 6.30. The Morgan fingerprint density at radius 3 is 2.64 bits per heavy atom. The Balaban J connectivity index is 1.83. The molecule has 0 aliphatic carbocycles. The van der Waals surface area contributed by atoms with Crippen molar-refractivity contribution in [3.8, 4) is 17.6 Å². The molecule has 1 amide bonds. The number of rotatable bonds is 8. The zero-order valence-electron chi connectivity index (χ0n) is 18.8. The van der Waals surface area contributed by atoms with Gasteiger partial charge in [0.15, 0.2) is 11.5 Å². The highest BCUT2D eigenvalue weighted by atomic mass is 127. The summed E-state index contributed by atoms with van der Waals surface area (Å²) in [5.74, 6) is 0.707. The number of benzene rings is 3. The summed E-state index contributed by atoms with van der Waals surface area (Å²) in [5, 5.41) is 12.5. The van der Waals surface area contributed by atoms with E-state index in [0.29, 0.717) is 29.4 Å². The molecule has 0 aliphatic heterocycles. The summed E-state index contributed by atoms with van der Waals surface area (Å²) < 4.78 is 12.4. The molecule has 6 heteroatoms. The lowest BCUT2D eigenvalue weighted by Crippen LogP contribution is -2.14. The molecule has 168 valence electrons. The van der Waals surface area contributed by atoms with Gasteiger partial charge in [0.2, 0.25) is 0 Å². The first kappa shape index (κ1) is 24.3. The van der Waals surface area contributed by atoms with Crippen LogP contribution in [0.1, 0.15) is 29.2 Å². The van der Waals surface area contributed by atoms with Crippen molar-refractivity contribution in [2.45, 2.75) is 26.9 Å². The minimum atomic E-state index is -0.452. The number of hydrogen-bond acceptors (Lipinski definition) is 4. The van der Waals surface area contributed by atoms with Crippen LogP contribution in [-0.2, 0) is 17.8 Å². The Morgan fingerprint density at radius 1 is 1.15 bits per heavy atom. The molecule has 3 aromatic rings. The Bertz CT molecular complexity index is 1230. The number of anilines is 1. The summed E-state index contributed by atoms with van der Waals surface area (Å²) in [5.41, 5.74) is 4.63. The maximum absolute atomic E-state index is 12.7. The smallest absolute Gasteiger partial charge is 0.266 e. The highest BCUT2D eigenvalue weighted by molar-refractivity contribution is 14.1. The molecule has 33 heavy (non-hydrogen) atoms. The Hall–Kier alpha value is -3.31. The summed E-state index contributed by atoms with van der Waals surface area (Å²) in [6, 6.07) is 21.3. The maximum atomic E-state index is 12.7. The van der Waals surface area contributed by atoms with Gasteiger partial charge in [-0.1, -0.05) is 55.0 Å². The standard InChI is InChI=1S/C27H25IN2O3/c1-4-21-10-5-6-11-24(21)30-27(31)22(16-29)13-20-14-23(28)26(25(15-20)32-3)33-17-19-9-7-8-18(2)12-19/h5-15H,4,17H2,1-3H3,(H,30,31)/b22-13+. The van der Waals surface area contributed by atoms with Crippen LogP contribution in [0.3, 0.4) is 0 Å². The van der Waals surface area contributed by atoms with Crippen LogP contribution in [0.2, 0.25) is 0 Å². The molecule has 0 fully saturated rings. The van der Waals surface area contributed by atoms with Crippen molar-refractivity contribution < 1.29 is 14.3 Å². The number of para-hydroxylation sites is 1. The average Bonchev–Trinajstić information content (AvgIpc) is 2.81. The van der Waals surface area contributed by atoms with Gasteiger partial charge in [0.25, 0.3) is 5.91 Å². The van der Waals surface area contributed by atoms with Crippen LogP contribution in [-0.4, -0.2) is 13.0 Å². The van der Waals surface area contributed by atoms with E-state index in [2.05, 4.69) is 34.0 Å². The fourth-order valence-corrected chi connectivity index (χ4v) is 4.16. The Morgan fingerprint density at radius 2 is 1.94 bits per heavy atom. The maximum Gasteiger partial charge on any atom is 0.266 e. The van der Waals surface area contributed by atoms with Gasteiger partial charge in [0, 0.05) is 5.69 Å². The van der Waals surface area contributed by atoms with Crippen LogP contribution < -0.4 is 14.8 Å². The number of hydrogen-bond donors (Lipinski definition) is 1. The zero-order valence-corrected chi connectivity index (χ0v) is 21.0. The number of nitrogens with one attached hydrogen (secondary N) is 1. The topological polar surface area (TPSA) is 71.4 Å². The second kappa shape index (κ2) is 11.5. The zero-order chi connectivity index (χ0) is 23.8. The normalized spacial score (nSPS) is 10.9. The molecule has 0 atom stereocenters. The van der Waals surface area contributed by atoms with Gasteiger partial charge >= 0.3 is 0 Å². The Kier molecular flexibility index (Phi) is 8.50. The average molecular weight is 552 g/mol. The van der Waals surface area contributed by atoms with E-state index in [4.69, 9.17) is 9.47 Å². The lowest BCUT2D eigenvalue weighted by Gasteiger charge is -2.14. The van der Waals surface area contributed by atoms with Crippen LogP contribution in [0.15, 0.2) is 66.2 Å². The fraction of sp³-hybridized carbons (Fsp3) is 0.185. The van der Waals surface area contributed by atoms with Crippen molar-refractivity contribution in [1.82, 2.24) is 0 Å². The van der Waals surface area contributed by atoms with Crippen LogP contribution in [0.25, 0.3) is 6.08 Å². The minimum absolute atomic E-state index is 0.00666. The number of aryl methyl sites for hydroxylation is 2.